The van der Waals surface area contributed by atoms with E-state index in [9.17, 15) is 5.11 Å². The fourth-order valence-electron chi connectivity index (χ4n) is 3.10. The third kappa shape index (κ3) is 2.56. The predicted molar refractivity (Wildman–Crippen MR) is 77.4 cm³/mol. The van der Waals surface area contributed by atoms with Crippen LogP contribution in [0.4, 0.5) is 0 Å². The monoisotopic (exact) mass is 246 g/mol. The summed E-state index contributed by atoms with van der Waals surface area (Å²) in [5, 5.41) is 10.4. The van der Waals surface area contributed by atoms with Crippen LogP contribution < -0.4 is 10.2 Å². The van der Waals surface area contributed by atoms with Crippen molar-refractivity contribution in [1.82, 2.24) is 0 Å². The van der Waals surface area contributed by atoms with Crippen molar-refractivity contribution in [1.29, 1.82) is 0 Å². The van der Waals surface area contributed by atoms with E-state index in [2.05, 4.69) is 19.9 Å². The van der Waals surface area contributed by atoms with Gasteiger partial charge >= 0.3 is 0 Å². The van der Waals surface area contributed by atoms with Crippen LogP contribution in [0, 0.1) is 0 Å². The molecular weight excluding hydrogens is 223 g/mol. The van der Waals surface area contributed by atoms with Crippen molar-refractivity contribution in [3.63, 3.8) is 0 Å². The molecule has 0 radical (unpaired) electrons. The molecule has 0 saturated heterocycles. The van der Waals surface area contributed by atoms with Gasteiger partial charge < -0.3 is 9.84 Å². The maximum absolute atomic E-state index is 10.4. The van der Waals surface area contributed by atoms with Crippen molar-refractivity contribution in [2.24, 2.45) is 0 Å². The number of fused-ring (bicyclic) bond motifs is 1. The minimum absolute atomic E-state index is 0.162. The maximum atomic E-state index is 10.4. The lowest BCUT2D eigenvalue weighted by Crippen LogP contribution is -2.41. The normalized spacial score (nSPS) is 21.2. The van der Waals surface area contributed by atoms with Gasteiger partial charge in [0.05, 0.1) is 6.10 Å². The molecular formula is C15H23BO2. The smallest absolute Gasteiger partial charge is 0.139 e. The summed E-state index contributed by atoms with van der Waals surface area (Å²) in [6.45, 7) is 4.36. The van der Waals surface area contributed by atoms with Gasteiger partial charge in [0.25, 0.3) is 0 Å². The Bertz CT molecular complexity index is 411. The summed E-state index contributed by atoms with van der Waals surface area (Å²) in [4.78, 5) is 0. The molecule has 1 aliphatic heterocycles. The van der Waals surface area contributed by atoms with Crippen LogP contribution in [0.1, 0.15) is 57.6 Å². The Labute approximate surface area is 111 Å². The minimum atomic E-state index is -0.383. The number of ether oxygens (including phenoxy) is 1. The van der Waals surface area contributed by atoms with E-state index in [-0.39, 0.29) is 11.7 Å². The van der Waals surface area contributed by atoms with Crippen molar-refractivity contribution in [3.8, 4) is 5.75 Å². The van der Waals surface area contributed by atoms with E-state index in [1.54, 1.807) is 0 Å². The first-order chi connectivity index (χ1) is 8.60. The van der Waals surface area contributed by atoms with Gasteiger partial charge in [-0.2, -0.15) is 0 Å². The molecule has 0 saturated carbocycles. The lowest BCUT2D eigenvalue weighted by atomic mass is 9.81. The fraction of sp³-hybridized carbons (Fsp3) is 0.600. The molecule has 3 heteroatoms. The van der Waals surface area contributed by atoms with Crippen LogP contribution in [-0.2, 0) is 0 Å². The summed E-state index contributed by atoms with van der Waals surface area (Å²) in [6, 6.07) is 6.11. The van der Waals surface area contributed by atoms with Gasteiger partial charge in [0.15, 0.2) is 0 Å². The Morgan fingerprint density at radius 1 is 1.33 bits per heavy atom. The lowest BCUT2D eigenvalue weighted by molar-refractivity contribution is -0.0267. The van der Waals surface area contributed by atoms with Gasteiger partial charge in [-0.15, -0.1) is 0 Å². The topological polar surface area (TPSA) is 29.5 Å². The summed E-state index contributed by atoms with van der Waals surface area (Å²) >= 11 is 0. The van der Waals surface area contributed by atoms with E-state index in [1.165, 1.54) is 5.46 Å². The molecule has 0 fully saturated rings. The second kappa shape index (κ2) is 5.35. The van der Waals surface area contributed by atoms with Gasteiger partial charge in [0, 0.05) is 12.0 Å². The molecule has 2 nitrogen and oxygen atoms in total. The van der Waals surface area contributed by atoms with Crippen molar-refractivity contribution in [2.75, 3.05) is 0 Å². The first kappa shape index (κ1) is 13.5. The Kier molecular flexibility index (Phi) is 4.01. The van der Waals surface area contributed by atoms with E-state index in [0.29, 0.717) is 0 Å². The van der Waals surface area contributed by atoms with Gasteiger partial charge in [-0.1, -0.05) is 44.3 Å². The van der Waals surface area contributed by atoms with Crippen LogP contribution >= 0.6 is 0 Å². The molecule has 2 rings (SSSR count). The van der Waals surface area contributed by atoms with Gasteiger partial charge in [0.2, 0.25) is 0 Å². The molecule has 98 valence electrons. The van der Waals surface area contributed by atoms with Crippen LogP contribution in [0.2, 0.25) is 0 Å². The zero-order chi connectivity index (χ0) is 13.2. The first-order valence-corrected chi connectivity index (χ1v) is 7.08. The van der Waals surface area contributed by atoms with Crippen molar-refractivity contribution >= 4 is 13.3 Å². The summed E-state index contributed by atoms with van der Waals surface area (Å²) in [7, 11) is 2.05. The van der Waals surface area contributed by atoms with E-state index in [4.69, 9.17) is 4.74 Å². The standard InChI is InChI=1S/C15H23BO2/c1-3-7-15(8-4-2)10-13(17)12-9-11(16)5-6-14(12)18-15/h5-6,9,13,17H,3-4,7-8,10,16H2,1-2H3. The largest absolute Gasteiger partial charge is 0.487 e. The molecule has 0 spiro atoms. The highest BCUT2D eigenvalue weighted by molar-refractivity contribution is 6.32. The third-order valence-electron chi connectivity index (χ3n) is 3.83. The zero-order valence-corrected chi connectivity index (χ0v) is 11.7. The molecule has 1 aromatic rings. The van der Waals surface area contributed by atoms with Crippen LogP contribution in [0.15, 0.2) is 18.2 Å². The summed E-state index contributed by atoms with van der Waals surface area (Å²) in [5.74, 6) is 0.876. The van der Waals surface area contributed by atoms with Crippen LogP contribution in [0.3, 0.4) is 0 Å². The number of aliphatic hydroxyl groups is 1. The lowest BCUT2D eigenvalue weighted by Gasteiger charge is -2.41. The molecule has 0 bridgehead atoms. The Morgan fingerprint density at radius 3 is 2.61 bits per heavy atom. The van der Waals surface area contributed by atoms with Crippen LogP contribution in [0.25, 0.3) is 0 Å². The molecule has 18 heavy (non-hydrogen) atoms. The molecule has 0 aliphatic carbocycles. The van der Waals surface area contributed by atoms with E-state index in [0.717, 1.165) is 43.4 Å². The highest BCUT2D eigenvalue weighted by Gasteiger charge is 2.38. The molecule has 0 amide bonds. The number of rotatable bonds is 4. The van der Waals surface area contributed by atoms with Gasteiger partial charge in [0.1, 0.15) is 19.2 Å². The number of benzene rings is 1. The molecule has 1 aromatic carbocycles. The zero-order valence-electron chi connectivity index (χ0n) is 11.7. The van der Waals surface area contributed by atoms with E-state index in [1.807, 2.05) is 20.0 Å². The summed E-state index contributed by atoms with van der Waals surface area (Å²) in [5.41, 5.74) is 1.97. The van der Waals surface area contributed by atoms with Crippen LogP contribution in [0.5, 0.6) is 5.75 Å². The molecule has 1 aliphatic rings. The Balaban J connectivity index is 2.32. The fourth-order valence-corrected chi connectivity index (χ4v) is 3.10. The highest BCUT2D eigenvalue weighted by Crippen LogP contribution is 2.43. The molecule has 1 N–H and O–H groups in total. The van der Waals surface area contributed by atoms with Gasteiger partial charge in [-0.25, -0.2) is 0 Å². The van der Waals surface area contributed by atoms with E-state index < -0.39 is 0 Å². The third-order valence-corrected chi connectivity index (χ3v) is 3.83. The Morgan fingerprint density at radius 2 is 2.00 bits per heavy atom. The summed E-state index contributed by atoms with van der Waals surface area (Å²) < 4.78 is 6.27. The predicted octanol–water partition coefficient (Wildman–Crippen LogP) is 2.10. The highest BCUT2D eigenvalue weighted by atomic mass is 16.5. The van der Waals surface area contributed by atoms with Crippen molar-refractivity contribution in [3.05, 3.63) is 23.8 Å². The van der Waals surface area contributed by atoms with E-state index >= 15 is 0 Å². The molecule has 1 unspecified atom stereocenters. The molecule has 1 atom stereocenters. The average Bonchev–Trinajstić information content (AvgIpc) is 2.31. The second-order valence-corrected chi connectivity index (χ2v) is 5.55. The minimum Gasteiger partial charge on any atom is -0.487 e. The van der Waals surface area contributed by atoms with Crippen LogP contribution in [-0.4, -0.2) is 18.6 Å². The van der Waals surface area contributed by atoms with Gasteiger partial charge in [-0.3, -0.25) is 0 Å². The SMILES string of the molecule is Bc1ccc2c(c1)C(O)CC(CCC)(CCC)O2. The van der Waals surface area contributed by atoms with Crippen molar-refractivity contribution < 1.29 is 9.84 Å². The first-order valence-electron chi connectivity index (χ1n) is 7.08. The second-order valence-electron chi connectivity index (χ2n) is 5.55. The summed E-state index contributed by atoms with van der Waals surface area (Å²) in [6.07, 6.45) is 4.57. The van der Waals surface area contributed by atoms with Crippen molar-refractivity contribution in [2.45, 2.75) is 57.7 Å². The Hall–Kier alpha value is -0.955. The quantitative estimate of drug-likeness (QED) is 0.824. The molecule has 0 aromatic heterocycles. The average molecular weight is 246 g/mol. The number of hydrogen-bond donors (Lipinski definition) is 1. The molecule has 1 heterocycles. The maximum Gasteiger partial charge on any atom is 0.139 e. The van der Waals surface area contributed by atoms with Gasteiger partial charge in [-0.05, 0) is 18.9 Å². The number of aliphatic hydroxyl groups excluding tert-OH is 1. The number of hydrogen-bond acceptors (Lipinski definition) is 2.